The average Bonchev–Trinajstić information content (AvgIpc) is 0.775. The smallest absolute Gasteiger partial charge is 0.410 e. The quantitative estimate of drug-likeness (QED) is 0.0292. The van der Waals surface area contributed by atoms with Gasteiger partial charge in [0.05, 0.1) is 80.2 Å². The number of anilines is 6. The molecule has 29 heteroatoms. The summed E-state index contributed by atoms with van der Waals surface area (Å²) in [6.07, 6.45) is 1.10. The molecule has 646 valence electrons. The molecule has 3 saturated heterocycles. The van der Waals surface area contributed by atoms with E-state index in [1.807, 2.05) is 116 Å². The highest BCUT2D eigenvalue weighted by atomic mass is 32.2. The second-order valence-electron chi connectivity index (χ2n) is 31.7. The molecule has 6 aliphatic heterocycles. The number of aromatic amines is 3. The molecule has 0 radical (unpaired) electrons. The van der Waals surface area contributed by atoms with Gasteiger partial charge in [-0.3, -0.25) is 34.1 Å². The molecule has 2 atom stereocenters. The fourth-order valence-electron chi connectivity index (χ4n) is 15.0. The largest absolute Gasteiger partial charge is 0.444 e. The number of fused-ring (bicyclic) bond motifs is 6. The van der Waals surface area contributed by atoms with Gasteiger partial charge in [-0.1, -0.05) is 132 Å². The lowest BCUT2D eigenvalue weighted by Crippen LogP contribution is -2.38. The van der Waals surface area contributed by atoms with Crippen LogP contribution in [0.2, 0.25) is 0 Å². The molecule has 23 nitrogen and oxygen atoms in total. The molecule has 8 N–H and O–H groups in total. The minimum absolute atomic E-state index is 0.0589. The molecule has 0 spiro atoms. The lowest BCUT2D eigenvalue weighted by Gasteiger charge is -2.29. The zero-order valence-electron chi connectivity index (χ0n) is 71.4. The van der Waals surface area contributed by atoms with Crippen LogP contribution in [0.1, 0.15) is 91.6 Å². The number of ether oxygens (including phenoxy) is 4. The molecule has 12 aromatic rings. The number of H-pyrrole nitrogens is 3. The highest BCUT2D eigenvalue weighted by molar-refractivity contribution is 8.06. The van der Waals surface area contributed by atoms with Crippen molar-refractivity contribution in [3.63, 3.8) is 0 Å². The predicted octanol–water partition coefficient (Wildman–Crippen LogP) is 19.2. The molecule has 0 saturated carbocycles. The van der Waals surface area contributed by atoms with E-state index < -0.39 is 5.60 Å². The Hall–Kier alpha value is -10.7. The molecular weight excluding hydrogens is 1690 g/mol. The zero-order valence-corrected chi connectivity index (χ0v) is 76.3. The third-order valence-corrected chi connectivity index (χ3v) is 28.8. The van der Waals surface area contributed by atoms with Crippen molar-refractivity contribution in [3.8, 4) is 33.8 Å². The van der Waals surface area contributed by atoms with E-state index in [2.05, 4.69) is 166 Å². The number of aryl methyl sites for hydroxylation is 3. The molecule has 2 unspecified atom stereocenters. The number of carbonyl (C=O) groups is 2. The molecule has 12 heterocycles. The molecule has 0 bridgehead atoms. The van der Waals surface area contributed by atoms with Crippen LogP contribution in [0.15, 0.2) is 273 Å². The highest BCUT2D eigenvalue weighted by Gasteiger charge is 2.30. The number of aromatic nitrogens is 6. The third kappa shape index (κ3) is 22.9. The first kappa shape index (κ1) is 89.1. The van der Waals surface area contributed by atoms with Gasteiger partial charge >= 0.3 is 6.09 Å². The van der Waals surface area contributed by atoms with Crippen LogP contribution in [0, 0.1) is 20.8 Å². The van der Waals surface area contributed by atoms with Crippen LogP contribution in [0.4, 0.5) is 38.9 Å². The summed E-state index contributed by atoms with van der Waals surface area (Å²) in [5, 5.41) is 10.6. The van der Waals surface area contributed by atoms with Crippen molar-refractivity contribution in [1.82, 2.24) is 40.1 Å². The number of rotatable bonds is 19. The summed E-state index contributed by atoms with van der Waals surface area (Å²) < 4.78 is 22.1. The fraction of sp³-hybridized carbons (Fsp3) is 0.292. The summed E-state index contributed by atoms with van der Waals surface area (Å²) in [4.78, 5) is 107. The van der Waals surface area contributed by atoms with Crippen molar-refractivity contribution in [2.75, 3.05) is 137 Å². The second-order valence-corrected chi connectivity index (χ2v) is 38.2. The predicted molar refractivity (Wildman–Crippen MR) is 507 cm³/mol. The van der Waals surface area contributed by atoms with Crippen molar-refractivity contribution in [3.05, 3.63) is 265 Å². The molecule has 6 aromatic carbocycles. The van der Waals surface area contributed by atoms with E-state index in [0.717, 1.165) is 168 Å². The van der Waals surface area contributed by atoms with E-state index in [9.17, 15) is 24.0 Å². The van der Waals surface area contributed by atoms with Crippen LogP contribution in [-0.4, -0.2) is 158 Å². The Labute approximate surface area is 753 Å². The van der Waals surface area contributed by atoms with Crippen LogP contribution in [0.5, 0.6) is 0 Å². The Morgan fingerprint density at radius 2 is 0.856 bits per heavy atom. The number of likely N-dealkylation sites (N-methyl/N-ethyl adjacent to an activating group) is 2. The van der Waals surface area contributed by atoms with Crippen LogP contribution >= 0.6 is 70.6 Å². The first-order valence-electron chi connectivity index (χ1n) is 41.8. The van der Waals surface area contributed by atoms with Gasteiger partial charge < -0.3 is 75.2 Å². The summed E-state index contributed by atoms with van der Waals surface area (Å²) in [5.74, 6) is 0.140. The number of nitrogens with one attached hydrogen (secondary N) is 6. The van der Waals surface area contributed by atoms with E-state index in [4.69, 9.17) is 34.6 Å². The molecule has 1 amide bonds. The van der Waals surface area contributed by atoms with E-state index in [1.165, 1.54) is 39.2 Å². The topological polar surface area (TPSA) is 283 Å². The fourth-order valence-corrected chi connectivity index (χ4v) is 22.2. The van der Waals surface area contributed by atoms with Gasteiger partial charge in [-0.05, 0) is 182 Å². The van der Waals surface area contributed by atoms with Gasteiger partial charge in [-0.25, -0.2) is 4.79 Å². The van der Waals surface area contributed by atoms with E-state index in [-0.39, 0.29) is 40.6 Å². The van der Waals surface area contributed by atoms with Gasteiger partial charge in [0.25, 0.3) is 0 Å². The lowest BCUT2D eigenvalue weighted by atomic mass is 10.1. The molecule has 6 aliphatic rings. The number of hydrogen-bond donors (Lipinski definition) is 7. The molecule has 18 rings (SSSR count). The maximum absolute atomic E-state index is 12.8. The second kappa shape index (κ2) is 41.2. The van der Waals surface area contributed by atoms with Crippen LogP contribution in [0.25, 0.3) is 33.8 Å². The Morgan fingerprint density at radius 1 is 0.472 bits per heavy atom. The molecular formula is C96H102N14O9S6. The number of hydrogen-bond acceptors (Lipinski definition) is 25. The van der Waals surface area contributed by atoms with Crippen molar-refractivity contribution in [2.45, 2.75) is 138 Å². The number of ketones is 1. The van der Waals surface area contributed by atoms with E-state index in [0.29, 0.717) is 58.3 Å². The maximum atomic E-state index is 12.8. The van der Waals surface area contributed by atoms with Gasteiger partial charge in [0.15, 0.2) is 5.78 Å². The van der Waals surface area contributed by atoms with Gasteiger partial charge in [0.1, 0.15) is 11.3 Å². The summed E-state index contributed by atoms with van der Waals surface area (Å²) in [6.45, 7) is 23.4. The number of Topliss-reactive ketones (excluding diaryl/α,β-unsaturated/α-hetero) is 1. The van der Waals surface area contributed by atoms with Gasteiger partial charge in [0, 0.05) is 211 Å². The van der Waals surface area contributed by atoms with Gasteiger partial charge in [-0.2, -0.15) is 0 Å². The van der Waals surface area contributed by atoms with Crippen LogP contribution < -0.4 is 53.1 Å². The summed E-state index contributed by atoms with van der Waals surface area (Å²) in [6, 6.07) is 66.4. The Morgan fingerprint density at radius 3 is 1.26 bits per heavy atom. The third-order valence-electron chi connectivity index (χ3n) is 21.0. The van der Waals surface area contributed by atoms with Gasteiger partial charge in [0.2, 0.25) is 16.7 Å². The monoisotopic (exact) mass is 1790 g/mol. The number of nitrogens with zero attached hydrogens (tertiary/aromatic N) is 7. The van der Waals surface area contributed by atoms with Crippen molar-refractivity contribution in [2.24, 2.45) is 0 Å². The Kier molecular flexibility index (Phi) is 29.4. The molecule has 125 heavy (non-hydrogen) atoms. The number of amides is 1. The zero-order chi connectivity index (χ0) is 87.3. The number of morpholine rings is 3. The normalized spacial score (nSPS) is 14.8. The number of nitrogen functional groups attached to an aromatic ring is 1. The Bertz CT molecular complexity index is 6090. The SMILES string of the molecule is CCCC(=O)c1cccc(C)n1.CNCC(Nc1ccc2c(c1)Sc1cccc(-c3cc(N4CCOCC4)cc(=O)[nH]3)c1S2)c1cccc(C)n1.Cc1cccc(C(CN(C)C(=O)OC(C)(C)C)Nc2ccc3c(c2)Sc2cccc(-c4cc(N5CCOCC5)cc(=O)[nH]4)c2S3)n1.Nc1ccc2c(c1)Sc1cccc(-c3cc(N4CCOCC4)cc(=O)[nH]3)c1S2. The Balaban J connectivity index is 0.000000138. The number of pyridine rings is 6. The minimum atomic E-state index is -0.583. The summed E-state index contributed by atoms with van der Waals surface area (Å²) in [7, 11) is 3.71. The van der Waals surface area contributed by atoms with E-state index >= 15 is 0 Å². The molecule has 0 aliphatic carbocycles. The number of carbonyl (C=O) groups excluding carboxylic acids is 2. The lowest BCUT2D eigenvalue weighted by molar-refractivity contribution is 0.0291. The van der Waals surface area contributed by atoms with Crippen molar-refractivity contribution >= 4 is 117 Å². The highest BCUT2D eigenvalue weighted by Crippen LogP contribution is 2.55. The minimum Gasteiger partial charge on any atom is -0.444 e. The van der Waals surface area contributed by atoms with Crippen molar-refractivity contribution in [1.29, 1.82) is 0 Å². The summed E-state index contributed by atoms with van der Waals surface area (Å²) in [5.41, 5.74) is 21.5. The first-order valence-corrected chi connectivity index (χ1v) is 46.7. The standard InChI is InChI=1S/C35H39N5O4S2.C30H31N5O2S2.C21H19N3O2S2.C10H13NO/c1-22-8-6-10-26(36-22)28(21-39(5)34(42)44-35(2,3)4)37-23-12-13-29-31(18-23)45-30-11-7-9-25(33(30)46-29)27-19-24(20-32(41)38-27)40-14-16-43-17-15-40;1-19-5-3-7-23(32-19)25(18-31-2)33-20-9-10-26-28(15-20)38-27-8-4-6-22(30(27)39-26)24-16-21(17-29(36)34-24)35-11-13-37-14-12-35;22-13-4-5-17-19(10-13)27-18-3-1-2-15(21(18)28-17)16-11-14(12-20(25)23-16)24-6-8-26-9-7-24;1-3-5-10(12)9-7-4-6-8(2)11-9/h6-13,18-20,28,37H,14-17,21H2,1-5H3,(H,38,41);3-10,15-17,25,31,33H,11-14,18H2,1-2H3,(H,34,36);1-5,10-12H,6-9,22H2,(H,23,25);4,6-7H,3,5H2,1-2H3. The van der Waals surface area contributed by atoms with Crippen molar-refractivity contribution < 1.29 is 28.5 Å². The van der Waals surface area contributed by atoms with Crippen LogP contribution in [-0.2, 0) is 18.9 Å². The molecule has 6 aromatic heterocycles. The summed E-state index contributed by atoms with van der Waals surface area (Å²) >= 11 is 10.4. The average molecular weight is 1790 g/mol. The number of benzene rings is 6. The molecule has 3 fully saturated rings. The first-order chi connectivity index (χ1) is 60.5. The van der Waals surface area contributed by atoms with E-state index in [1.54, 1.807) is 107 Å². The van der Waals surface area contributed by atoms with Crippen LogP contribution in [0.3, 0.4) is 0 Å². The number of nitrogens with two attached hydrogens (primary N) is 1. The maximum Gasteiger partial charge on any atom is 0.410 e. The van der Waals surface area contributed by atoms with Gasteiger partial charge in [-0.15, -0.1) is 0 Å².